The second kappa shape index (κ2) is 4.98. The third-order valence-corrected chi connectivity index (χ3v) is 3.70. The molecule has 3 fully saturated rings. The molecule has 0 N–H and O–H groups in total. The van der Waals surface area contributed by atoms with Crippen LogP contribution in [0.1, 0.15) is 24.8 Å². The van der Waals surface area contributed by atoms with Crippen molar-refractivity contribution in [2.24, 2.45) is 0 Å². The molecule has 4 heteroatoms. The first-order valence-electron chi connectivity index (χ1n) is 6.59. The normalized spacial score (nSPS) is 23.3. The maximum Gasteiger partial charge on any atom is 0.344 e. The molecule has 0 aliphatic carbocycles. The minimum Gasteiger partial charge on any atom is -0.323 e. The smallest absolute Gasteiger partial charge is 0.323 e. The van der Waals surface area contributed by atoms with E-state index in [0.717, 1.165) is 37.9 Å². The van der Waals surface area contributed by atoms with Crippen molar-refractivity contribution < 1.29 is 9.63 Å². The van der Waals surface area contributed by atoms with E-state index in [1.807, 2.05) is 35.2 Å². The number of hydrogen-bond donors (Lipinski definition) is 0. The lowest BCUT2D eigenvalue weighted by Crippen LogP contribution is -2.51. The average molecular weight is 246 g/mol. The largest absolute Gasteiger partial charge is 0.344 e. The van der Waals surface area contributed by atoms with Crippen molar-refractivity contribution >= 4 is 6.03 Å². The van der Waals surface area contributed by atoms with Crippen LogP contribution in [-0.2, 0) is 11.4 Å². The molecule has 4 nitrogen and oxygen atoms in total. The molecule has 2 bridgehead atoms. The van der Waals surface area contributed by atoms with Crippen LogP contribution in [0.25, 0.3) is 0 Å². The summed E-state index contributed by atoms with van der Waals surface area (Å²) in [5.41, 5.74) is 1.10. The molecule has 3 heterocycles. The summed E-state index contributed by atoms with van der Waals surface area (Å²) < 4.78 is 0. The number of rotatable bonds is 3. The van der Waals surface area contributed by atoms with E-state index in [0.29, 0.717) is 6.61 Å². The van der Waals surface area contributed by atoms with Gasteiger partial charge in [-0.25, -0.2) is 4.79 Å². The van der Waals surface area contributed by atoms with Gasteiger partial charge in [0.1, 0.15) is 6.61 Å². The van der Waals surface area contributed by atoms with Crippen LogP contribution in [0, 0.1) is 0 Å². The predicted molar refractivity (Wildman–Crippen MR) is 67.7 cm³/mol. The molecular weight excluding hydrogens is 228 g/mol. The molecule has 1 aromatic carbocycles. The molecule has 0 aromatic heterocycles. The lowest BCUT2D eigenvalue weighted by Gasteiger charge is -2.36. The molecule has 18 heavy (non-hydrogen) atoms. The van der Waals surface area contributed by atoms with Crippen molar-refractivity contribution in [3.05, 3.63) is 35.9 Å². The summed E-state index contributed by atoms with van der Waals surface area (Å²) in [4.78, 5) is 19.8. The van der Waals surface area contributed by atoms with Crippen molar-refractivity contribution in [1.29, 1.82) is 0 Å². The van der Waals surface area contributed by atoms with Crippen molar-refractivity contribution in [2.45, 2.75) is 31.9 Å². The van der Waals surface area contributed by atoms with Crippen molar-refractivity contribution in [1.82, 2.24) is 9.96 Å². The summed E-state index contributed by atoms with van der Waals surface area (Å²) in [6.07, 6.45) is 3.17. The fourth-order valence-electron chi connectivity index (χ4n) is 2.68. The number of amides is 2. The van der Waals surface area contributed by atoms with Gasteiger partial charge in [0.25, 0.3) is 0 Å². The maximum atomic E-state index is 12.2. The molecule has 3 aliphatic rings. The van der Waals surface area contributed by atoms with Gasteiger partial charge in [0.05, 0.1) is 6.04 Å². The van der Waals surface area contributed by atoms with Crippen LogP contribution in [0.3, 0.4) is 0 Å². The zero-order valence-electron chi connectivity index (χ0n) is 10.4. The Morgan fingerprint density at radius 2 is 2.00 bits per heavy atom. The van der Waals surface area contributed by atoms with Gasteiger partial charge in [-0.3, -0.25) is 4.84 Å². The molecule has 0 radical (unpaired) electrons. The van der Waals surface area contributed by atoms with Crippen molar-refractivity contribution in [3.63, 3.8) is 0 Å². The summed E-state index contributed by atoms with van der Waals surface area (Å²) in [7, 11) is 0. The third-order valence-electron chi connectivity index (χ3n) is 3.70. The number of hydrogen-bond acceptors (Lipinski definition) is 2. The standard InChI is InChI=1S/C14H18N2O2/c17-14-15-9-4-7-13(8-10-15)16(14)18-11-12-5-2-1-3-6-12/h1-3,5-6,13H,4,7-11H2. The van der Waals surface area contributed by atoms with Gasteiger partial charge in [0.15, 0.2) is 0 Å². The predicted octanol–water partition coefficient (Wildman–Crippen LogP) is 2.41. The molecule has 1 atom stereocenters. The quantitative estimate of drug-likeness (QED) is 0.820. The van der Waals surface area contributed by atoms with E-state index in [2.05, 4.69) is 0 Å². The number of urea groups is 1. The van der Waals surface area contributed by atoms with Gasteiger partial charge in [-0.15, -0.1) is 0 Å². The Morgan fingerprint density at radius 3 is 2.83 bits per heavy atom. The summed E-state index contributed by atoms with van der Waals surface area (Å²) in [6, 6.07) is 10.3. The SMILES string of the molecule is O=C1N2CCCC(CC2)N1OCc1ccccc1. The number of fused-ring (bicyclic) bond motifs is 4. The van der Waals surface area contributed by atoms with E-state index in [1.54, 1.807) is 5.06 Å². The maximum absolute atomic E-state index is 12.2. The van der Waals surface area contributed by atoms with Crippen LogP contribution < -0.4 is 0 Å². The second-order valence-electron chi connectivity index (χ2n) is 4.94. The zero-order chi connectivity index (χ0) is 12.4. The third kappa shape index (κ3) is 2.20. The Labute approximate surface area is 107 Å². The van der Waals surface area contributed by atoms with Crippen LogP contribution in [0.4, 0.5) is 4.79 Å². The molecule has 1 aromatic rings. The minimum atomic E-state index is 0.0414. The molecule has 1 unspecified atom stereocenters. The van der Waals surface area contributed by atoms with Gasteiger partial charge in [-0.2, -0.15) is 5.06 Å². The highest BCUT2D eigenvalue weighted by Crippen LogP contribution is 2.25. The Morgan fingerprint density at radius 1 is 1.17 bits per heavy atom. The highest BCUT2D eigenvalue weighted by Gasteiger charge is 2.36. The Kier molecular flexibility index (Phi) is 3.19. The monoisotopic (exact) mass is 246 g/mol. The Balaban J connectivity index is 1.67. The Hall–Kier alpha value is -1.55. The number of nitrogens with zero attached hydrogens (tertiary/aromatic N) is 2. The van der Waals surface area contributed by atoms with Crippen molar-refractivity contribution in [2.75, 3.05) is 13.1 Å². The van der Waals surface area contributed by atoms with Gasteiger partial charge >= 0.3 is 6.03 Å². The van der Waals surface area contributed by atoms with E-state index < -0.39 is 0 Å². The molecule has 96 valence electrons. The number of carbonyl (C=O) groups excluding carboxylic acids is 1. The highest BCUT2D eigenvalue weighted by atomic mass is 16.7. The molecule has 2 amide bonds. The van der Waals surface area contributed by atoms with Gasteiger partial charge in [-0.1, -0.05) is 30.3 Å². The second-order valence-corrected chi connectivity index (χ2v) is 4.94. The first kappa shape index (κ1) is 11.5. The average Bonchev–Trinajstić information content (AvgIpc) is 2.72. The van der Waals surface area contributed by atoms with Crippen molar-refractivity contribution in [3.8, 4) is 0 Å². The van der Waals surface area contributed by atoms with E-state index in [9.17, 15) is 4.79 Å². The zero-order valence-corrected chi connectivity index (χ0v) is 10.4. The van der Waals surface area contributed by atoms with E-state index in [1.165, 1.54) is 0 Å². The molecule has 4 rings (SSSR count). The molecule has 0 spiro atoms. The summed E-state index contributed by atoms with van der Waals surface area (Å²) >= 11 is 0. The van der Waals surface area contributed by atoms with Crippen LogP contribution in [0.15, 0.2) is 30.3 Å². The van der Waals surface area contributed by atoms with Gasteiger partial charge in [0, 0.05) is 13.1 Å². The summed E-state index contributed by atoms with van der Waals surface area (Å²) in [5, 5.41) is 1.60. The lowest BCUT2D eigenvalue weighted by molar-refractivity contribution is -0.169. The number of hydroxylamine groups is 2. The fourth-order valence-corrected chi connectivity index (χ4v) is 2.68. The summed E-state index contributed by atoms with van der Waals surface area (Å²) in [6.45, 7) is 2.23. The fraction of sp³-hybridized carbons (Fsp3) is 0.500. The Bertz CT molecular complexity index is 417. The van der Waals surface area contributed by atoms with E-state index in [4.69, 9.17) is 4.84 Å². The first-order valence-corrected chi connectivity index (χ1v) is 6.59. The molecule has 3 saturated heterocycles. The molecule has 0 saturated carbocycles. The van der Waals surface area contributed by atoms with Crippen LogP contribution in [-0.4, -0.2) is 35.1 Å². The van der Waals surface area contributed by atoms with Crippen LogP contribution >= 0.6 is 0 Å². The lowest BCUT2D eigenvalue weighted by atomic mass is 10.1. The highest BCUT2D eigenvalue weighted by molar-refractivity contribution is 5.74. The molecule has 3 aliphatic heterocycles. The van der Waals surface area contributed by atoms with Gasteiger partial charge in [0.2, 0.25) is 0 Å². The van der Waals surface area contributed by atoms with E-state index in [-0.39, 0.29) is 12.1 Å². The number of benzene rings is 1. The number of carbonyl (C=O) groups is 1. The van der Waals surface area contributed by atoms with Gasteiger partial charge < -0.3 is 4.90 Å². The van der Waals surface area contributed by atoms with E-state index >= 15 is 0 Å². The molecular formula is C14H18N2O2. The van der Waals surface area contributed by atoms with Gasteiger partial charge in [-0.05, 0) is 24.8 Å². The minimum absolute atomic E-state index is 0.0414. The topological polar surface area (TPSA) is 32.8 Å². The summed E-state index contributed by atoms with van der Waals surface area (Å²) in [5.74, 6) is 0. The first-order chi connectivity index (χ1) is 8.84. The van der Waals surface area contributed by atoms with Crippen LogP contribution in [0.2, 0.25) is 0 Å². The van der Waals surface area contributed by atoms with Crippen LogP contribution in [0.5, 0.6) is 0 Å².